The van der Waals surface area contributed by atoms with Crippen molar-refractivity contribution in [2.75, 3.05) is 25.6 Å². The Hall–Kier alpha value is -2.21. The van der Waals surface area contributed by atoms with Crippen LogP contribution in [0.25, 0.3) is 22.2 Å². The molecule has 0 amide bonds. The van der Waals surface area contributed by atoms with E-state index in [1.165, 1.54) is 30.3 Å². The fourth-order valence-corrected chi connectivity index (χ4v) is 7.70. The maximum atomic E-state index is 16.0. The maximum absolute atomic E-state index is 16.0. The van der Waals surface area contributed by atoms with E-state index in [4.69, 9.17) is 52.0 Å². The van der Waals surface area contributed by atoms with E-state index in [1.807, 2.05) is 4.57 Å². The van der Waals surface area contributed by atoms with Crippen LogP contribution in [0.15, 0.2) is 31.2 Å². The molecule has 1 aliphatic carbocycles. The summed E-state index contributed by atoms with van der Waals surface area (Å²) in [6, 6.07) is 1.67. The molecule has 0 aromatic carbocycles. The number of phosphoric ester groups is 1. The molecule has 4 aromatic rings. The van der Waals surface area contributed by atoms with Gasteiger partial charge in [0, 0.05) is 12.2 Å². The highest BCUT2D eigenvalue weighted by Gasteiger charge is 2.50. The maximum Gasteiger partial charge on any atom is 0.472 e. The van der Waals surface area contributed by atoms with Gasteiger partial charge in [0.05, 0.1) is 31.5 Å². The lowest BCUT2D eigenvalue weighted by molar-refractivity contribution is -0.0453. The Kier molecular flexibility index (Phi) is 9.04. The molecule has 1 saturated carbocycles. The van der Waals surface area contributed by atoms with Gasteiger partial charge in [-0.2, -0.15) is 0 Å². The minimum absolute atomic E-state index is 0.0183. The highest BCUT2D eigenvalue weighted by Crippen LogP contribution is 2.52. The Bertz CT molecular complexity index is 1760. The molecule has 4 aromatic heterocycles. The van der Waals surface area contributed by atoms with Gasteiger partial charge in [0.1, 0.15) is 41.2 Å². The van der Waals surface area contributed by atoms with Gasteiger partial charge >= 0.3 is 14.5 Å². The second kappa shape index (κ2) is 12.5. The molecule has 0 radical (unpaired) electrons. The van der Waals surface area contributed by atoms with Crippen LogP contribution in [0.3, 0.4) is 0 Å². The molecule has 2 unspecified atom stereocenters. The number of nitrogens with two attached hydrogens (primary N) is 1. The number of aromatic nitrogens is 7. The van der Waals surface area contributed by atoms with Crippen molar-refractivity contribution in [3.63, 3.8) is 0 Å². The molecule has 4 N–H and O–H groups in total. The van der Waals surface area contributed by atoms with Gasteiger partial charge in [-0.25, -0.2) is 33.9 Å². The molecule has 6 rings (SSSR count). The number of halogens is 2. The van der Waals surface area contributed by atoms with Crippen LogP contribution in [0.1, 0.15) is 32.0 Å². The number of anilines is 1. The second-order valence-electron chi connectivity index (χ2n) is 10.2. The van der Waals surface area contributed by atoms with Gasteiger partial charge in [0.15, 0.2) is 23.9 Å². The van der Waals surface area contributed by atoms with Gasteiger partial charge in [0.25, 0.3) is 0 Å². The number of rotatable bonds is 12. The third-order valence-corrected chi connectivity index (χ3v) is 10.3. The minimum Gasteiger partial charge on any atom is -0.382 e. The van der Waals surface area contributed by atoms with Crippen molar-refractivity contribution in [2.45, 2.75) is 50.4 Å². The smallest absolute Gasteiger partial charge is 0.382 e. The summed E-state index contributed by atoms with van der Waals surface area (Å²) in [6.45, 7) is -3.18. The van der Waals surface area contributed by atoms with E-state index in [2.05, 4.69) is 24.9 Å². The first-order valence-electron chi connectivity index (χ1n) is 13.4. The first-order chi connectivity index (χ1) is 21.0. The third kappa shape index (κ3) is 6.39. The first-order valence-corrected chi connectivity index (χ1v) is 17.9. The number of imidazole rings is 1. The predicted octanol–water partition coefficient (Wildman–Crippen LogP) is 3.47. The summed E-state index contributed by atoms with van der Waals surface area (Å²) in [5, 5.41) is 0.608. The van der Waals surface area contributed by atoms with Crippen molar-refractivity contribution in [3.05, 3.63) is 36.4 Å². The zero-order valence-corrected chi connectivity index (χ0v) is 26.4. The van der Waals surface area contributed by atoms with Crippen LogP contribution in [-0.4, -0.2) is 82.0 Å². The standard InChI is InChI=1S/C23H28ClFN8O8P2S/c1-2-37-42(34,35)38-8-15-18(16(25)23(40-15)32-4-3-14-19(24)27-9-29-21(14)32)41-43(36,44)39-7-12-5-13(6-12)33-11-31-17-20(26)28-10-30-22(17)33/h3-4,9-13,15-16,18,23H,2,5-8H2,1H3,(H,34,35)(H,36,44)(H2,26,28,30)/t12-,13+,15-,16+,18-,23-,43?/m1/s1. The lowest BCUT2D eigenvalue weighted by Gasteiger charge is -2.36. The van der Waals surface area contributed by atoms with Crippen molar-refractivity contribution in [1.82, 2.24) is 34.1 Å². The van der Waals surface area contributed by atoms with Crippen molar-refractivity contribution >= 4 is 66.0 Å². The van der Waals surface area contributed by atoms with E-state index in [0.717, 1.165) is 0 Å². The van der Waals surface area contributed by atoms with E-state index in [0.29, 0.717) is 35.2 Å². The Morgan fingerprint density at radius 3 is 2.64 bits per heavy atom. The molecule has 21 heteroatoms. The zero-order chi connectivity index (χ0) is 31.2. The van der Waals surface area contributed by atoms with Crippen molar-refractivity contribution in [1.29, 1.82) is 0 Å². The monoisotopic (exact) mass is 692 g/mol. The number of phosphoric acid groups is 1. The minimum atomic E-state index is -4.47. The number of ether oxygens (including phenoxy) is 1. The molecule has 44 heavy (non-hydrogen) atoms. The summed E-state index contributed by atoms with van der Waals surface area (Å²) in [5.41, 5.74) is 7.29. The fraction of sp³-hybridized carbons (Fsp3) is 0.522. The summed E-state index contributed by atoms with van der Waals surface area (Å²) in [7, 11) is -4.47. The summed E-state index contributed by atoms with van der Waals surface area (Å²) >= 11 is 11.4. The molecule has 238 valence electrons. The largest absolute Gasteiger partial charge is 0.472 e. The number of alkyl halides is 1. The molecule has 2 fully saturated rings. The number of fused-ring (bicyclic) bond motifs is 2. The molecule has 6 atom stereocenters. The summed E-state index contributed by atoms with van der Waals surface area (Å²) < 4.78 is 58.4. The fourth-order valence-electron chi connectivity index (χ4n) is 5.28. The number of hydrogen-bond acceptors (Lipinski definition) is 13. The average Bonchev–Trinajstić information content (AvgIpc) is 3.64. The summed E-state index contributed by atoms with van der Waals surface area (Å²) in [6.07, 6.45) is 0.993. The molecule has 1 aliphatic heterocycles. The molecule has 1 saturated heterocycles. The van der Waals surface area contributed by atoms with Crippen LogP contribution in [0.5, 0.6) is 0 Å². The molecular weight excluding hydrogens is 665 g/mol. The molecular formula is C23H28ClFN8O8P2S. The first kappa shape index (κ1) is 31.8. The molecule has 0 spiro atoms. The Labute approximate surface area is 259 Å². The van der Waals surface area contributed by atoms with Crippen LogP contribution in [0.2, 0.25) is 5.15 Å². The zero-order valence-electron chi connectivity index (χ0n) is 23.0. The van der Waals surface area contributed by atoms with Crippen LogP contribution in [0.4, 0.5) is 10.2 Å². The highest BCUT2D eigenvalue weighted by atomic mass is 35.5. The second-order valence-corrected chi connectivity index (χ2v) is 14.8. The topological polar surface area (TPSA) is 204 Å². The Morgan fingerprint density at radius 1 is 1.11 bits per heavy atom. The Morgan fingerprint density at radius 2 is 1.86 bits per heavy atom. The van der Waals surface area contributed by atoms with E-state index in [9.17, 15) is 14.4 Å². The number of nitrogens with zero attached hydrogens (tertiary/aromatic N) is 7. The van der Waals surface area contributed by atoms with Gasteiger partial charge in [-0.15, -0.1) is 0 Å². The molecule has 5 heterocycles. The van der Waals surface area contributed by atoms with Gasteiger partial charge in [-0.3, -0.25) is 13.6 Å². The molecule has 2 aliphatic rings. The highest BCUT2D eigenvalue weighted by molar-refractivity contribution is 8.07. The summed E-state index contributed by atoms with van der Waals surface area (Å²) in [5.74, 6) is 0.311. The number of hydrogen-bond donors (Lipinski definition) is 3. The van der Waals surface area contributed by atoms with Crippen LogP contribution >= 0.6 is 26.1 Å². The molecule has 0 bridgehead atoms. The van der Waals surface area contributed by atoms with E-state index < -0.39 is 45.8 Å². The Balaban J connectivity index is 1.13. The van der Waals surface area contributed by atoms with Gasteiger partial charge in [-0.05, 0) is 43.6 Å². The van der Waals surface area contributed by atoms with Crippen molar-refractivity contribution in [2.24, 2.45) is 5.92 Å². The van der Waals surface area contributed by atoms with Gasteiger partial charge in [-0.1, -0.05) is 11.6 Å². The van der Waals surface area contributed by atoms with Gasteiger partial charge < -0.3 is 33.9 Å². The predicted molar refractivity (Wildman–Crippen MR) is 158 cm³/mol. The lowest BCUT2D eigenvalue weighted by Crippen LogP contribution is -2.34. The van der Waals surface area contributed by atoms with E-state index >= 15 is 4.39 Å². The normalized spacial score (nSPS) is 28.2. The van der Waals surface area contributed by atoms with Crippen LogP contribution < -0.4 is 5.73 Å². The lowest BCUT2D eigenvalue weighted by atomic mass is 9.81. The number of nitrogen functional groups attached to an aromatic ring is 1. The SMILES string of the molecule is CCOP(=O)(O)OC[C@H]1O[C@@H](n2ccc3c(Cl)ncnc32)[C@@H](F)[C@@H]1OP(O)(=S)OC[C@H]1C[C@@H](n2cnc3c(N)ncnc32)C1. The van der Waals surface area contributed by atoms with Gasteiger partial charge in [0.2, 0.25) is 0 Å². The van der Waals surface area contributed by atoms with E-state index in [-0.39, 0.29) is 36.0 Å². The summed E-state index contributed by atoms with van der Waals surface area (Å²) in [4.78, 5) is 41.4. The van der Waals surface area contributed by atoms with Crippen molar-refractivity contribution in [3.8, 4) is 0 Å². The van der Waals surface area contributed by atoms with Crippen LogP contribution in [0, 0.1) is 5.92 Å². The average molecular weight is 693 g/mol. The van der Waals surface area contributed by atoms with Crippen molar-refractivity contribution < 1.29 is 41.6 Å². The molecule has 16 nitrogen and oxygen atoms in total. The van der Waals surface area contributed by atoms with E-state index in [1.54, 1.807) is 12.4 Å². The van der Waals surface area contributed by atoms with Crippen LogP contribution in [-0.2, 0) is 39.2 Å². The third-order valence-electron chi connectivity index (χ3n) is 7.42. The quantitative estimate of drug-likeness (QED) is 0.144.